The van der Waals surface area contributed by atoms with Gasteiger partial charge in [-0.2, -0.15) is 4.31 Å². The number of carbonyl (C=O) groups is 2. The van der Waals surface area contributed by atoms with Crippen molar-refractivity contribution in [2.75, 3.05) is 62.2 Å². The number of piperazine rings is 1. The zero-order chi connectivity index (χ0) is 26.0. The van der Waals surface area contributed by atoms with Crippen molar-refractivity contribution in [3.8, 4) is 5.75 Å². The van der Waals surface area contributed by atoms with Crippen LogP contribution in [0.4, 0.5) is 11.4 Å². The molecule has 1 saturated heterocycles. The van der Waals surface area contributed by atoms with E-state index in [2.05, 4.69) is 36.9 Å². The molecule has 0 radical (unpaired) electrons. The van der Waals surface area contributed by atoms with Crippen LogP contribution < -0.4 is 14.5 Å². The number of aryl methyl sites for hydroxylation is 2. The second-order valence-corrected chi connectivity index (χ2v) is 11.1. The first-order valence-corrected chi connectivity index (χ1v) is 13.8. The molecule has 2 amide bonds. The normalized spacial score (nSPS) is 16.2. The van der Waals surface area contributed by atoms with Crippen LogP contribution in [0.15, 0.2) is 41.3 Å². The van der Waals surface area contributed by atoms with Crippen LogP contribution in [-0.4, -0.2) is 81.9 Å². The first-order valence-electron chi connectivity index (χ1n) is 12.3. The highest BCUT2D eigenvalue weighted by molar-refractivity contribution is 7.89. The Balaban J connectivity index is 1.50. The molecular weight excluding hydrogens is 480 g/mol. The van der Waals surface area contributed by atoms with Gasteiger partial charge in [0, 0.05) is 45.0 Å². The molecule has 4 rings (SSSR count). The Morgan fingerprint density at radius 3 is 2.33 bits per heavy atom. The maximum Gasteiger partial charge on any atom is 0.265 e. The number of sulfonamides is 1. The van der Waals surface area contributed by atoms with Gasteiger partial charge < -0.3 is 14.5 Å². The van der Waals surface area contributed by atoms with Crippen LogP contribution in [-0.2, 0) is 19.6 Å². The van der Waals surface area contributed by atoms with Crippen molar-refractivity contribution in [1.29, 1.82) is 0 Å². The molecule has 194 valence electrons. The number of carbonyl (C=O) groups excluding carboxylic acids is 2. The Labute approximate surface area is 213 Å². The molecule has 2 aliphatic rings. The number of hydrogen-bond acceptors (Lipinski definition) is 6. The minimum atomic E-state index is -3.72. The van der Waals surface area contributed by atoms with E-state index in [0.29, 0.717) is 50.7 Å². The van der Waals surface area contributed by atoms with Crippen LogP contribution in [0.2, 0.25) is 0 Å². The summed E-state index contributed by atoms with van der Waals surface area (Å²) in [4.78, 5) is 31.4. The van der Waals surface area contributed by atoms with E-state index in [4.69, 9.17) is 4.74 Å². The molecule has 0 unspecified atom stereocenters. The third-order valence-electron chi connectivity index (χ3n) is 6.85. The fraction of sp³-hybridized carbons (Fsp3) is 0.462. The molecule has 9 nitrogen and oxygen atoms in total. The molecule has 2 heterocycles. The van der Waals surface area contributed by atoms with Crippen LogP contribution in [0.1, 0.15) is 25.0 Å². The average Bonchev–Trinajstić information content (AvgIpc) is 2.87. The van der Waals surface area contributed by atoms with E-state index in [0.717, 1.165) is 0 Å². The van der Waals surface area contributed by atoms with Gasteiger partial charge in [0.25, 0.3) is 5.91 Å². The van der Waals surface area contributed by atoms with Crippen LogP contribution in [0, 0.1) is 13.8 Å². The molecule has 0 N–H and O–H groups in total. The van der Waals surface area contributed by atoms with Gasteiger partial charge in [0.2, 0.25) is 15.9 Å². The number of ether oxygens (including phenoxy) is 1. The fourth-order valence-corrected chi connectivity index (χ4v) is 6.20. The molecule has 0 saturated carbocycles. The lowest BCUT2D eigenvalue weighted by atomic mass is 10.1. The number of rotatable bonds is 7. The molecule has 1 fully saturated rings. The van der Waals surface area contributed by atoms with Gasteiger partial charge in [-0.15, -0.1) is 0 Å². The number of hydrogen-bond donors (Lipinski definition) is 0. The summed E-state index contributed by atoms with van der Waals surface area (Å²) in [6, 6.07) is 10.8. The fourth-order valence-electron chi connectivity index (χ4n) is 4.72. The molecule has 0 aromatic heterocycles. The van der Waals surface area contributed by atoms with Gasteiger partial charge in [-0.05, 0) is 49.2 Å². The van der Waals surface area contributed by atoms with Crippen molar-refractivity contribution < 1.29 is 22.7 Å². The quantitative estimate of drug-likeness (QED) is 0.564. The summed E-state index contributed by atoms with van der Waals surface area (Å²) in [6.07, 6.45) is 0. The lowest BCUT2D eigenvalue weighted by molar-refractivity contribution is -0.132. The Bertz CT molecular complexity index is 1250. The molecule has 0 spiro atoms. The van der Waals surface area contributed by atoms with Gasteiger partial charge in [0.15, 0.2) is 6.61 Å². The Morgan fingerprint density at radius 1 is 0.972 bits per heavy atom. The van der Waals surface area contributed by atoms with E-state index in [-0.39, 0.29) is 29.9 Å². The first-order chi connectivity index (χ1) is 17.1. The highest BCUT2D eigenvalue weighted by Crippen LogP contribution is 2.35. The van der Waals surface area contributed by atoms with E-state index < -0.39 is 10.0 Å². The zero-order valence-electron chi connectivity index (χ0n) is 21.4. The van der Waals surface area contributed by atoms with Crippen molar-refractivity contribution in [2.45, 2.75) is 32.6 Å². The molecule has 0 bridgehead atoms. The highest BCUT2D eigenvalue weighted by atomic mass is 32.2. The predicted molar refractivity (Wildman–Crippen MR) is 139 cm³/mol. The Morgan fingerprint density at radius 2 is 1.67 bits per heavy atom. The van der Waals surface area contributed by atoms with Gasteiger partial charge in [0.1, 0.15) is 12.3 Å². The summed E-state index contributed by atoms with van der Waals surface area (Å²) >= 11 is 0. The van der Waals surface area contributed by atoms with Gasteiger partial charge in [0.05, 0.1) is 10.6 Å². The van der Waals surface area contributed by atoms with Crippen molar-refractivity contribution in [2.24, 2.45) is 0 Å². The van der Waals surface area contributed by atoms with Crippen LogP contribution >= 0.6 is 0 Å². The van der Waals surface area contributed by atoms with Gasteiger partial charge >= 0.3 is 0 Å². The van der Waals surface area contributed by atoms with Crippen LogP contribution in [0.5, 0.6) is 5.75 Å². The second kappa shape index (κ2) is 10.5. The minimum Gasteiger partial charge on any atom is -0.482 e. The zero-order valence-corrected chi connectivity index (χ0v) is 22.2. The number of amides is 2. The molecular formula is C26H34N4O5S. The molecule has 36 heavy (non-hydrogen) atoms. The first kappa shape index (κ1) is 26.0. The predicted octanol–water partition coefficient (Wildman–Crippen LogP) is 2.41. The summed E-state index contributed by atoms with van der Waals surface area (Å²) in [5, 5.41) is 0. The van der Waals surface area contributed by atoms with E-state index in [1.54, 1.807) is 24.8 Å². The third-order valence-corrected chi connectivity index (χ3v) is 8.89. The molecule has 2 aromatic carbocycles. The standard InChI is InChI=1S/C26H34N4O5S/c1-5-29(6-2)36(33,34)21-9-10-24-23(16-21)30(26(32)18-35-24)17-25(31)28-13-11-27(12-14-28)22-15-19(3)7-8-20(22)4/h7-10,15-16H,5-6,11-14,17-18H2,1-4H3. The Hall–Kier alpha value is -3.11. The number of fused-ring (bicyclic) bond motifs is 1. The maximum atomic E-state index is 13.2. The van der Waals surface area contributed by atoms with E-state index in [1.807, 2.05) is 0 Å². The summed E-state index contributed by atoms with van der Waals surface area (Å²) in [5.41, 5.74) is 3.88. The molecule has 2 aliphatic heterocycles. The summed E-state index contributed by atoms with van der Waals surface area (Å²) in [5.74, 6) is -0.156. The summed E-state index contributed by atoms with van der Waals surface area (Å²) in [7, 11) is -3.72. The number of nitrogens with zero attached hydrogens (tertiary/aromatic N) is 4. The minimum absolute atomic E-state index is 0.0721. The van der Waals surface area contributed by atoms with Crippen LogP contribution in [0.25, 0.3) is 0 Å². The van der Waals surface area contributed by atoms with Crippen molar-refractivity contribution in [3.63, 3.8) is 0 Å². The molecule has 0 atom stereocenters. The number of benzene rings is 2. The topological polar surface area (TPSA) is 90.5 Å². The van der Waals surface area contributed by atoms with E-state index >= 15 is 0 Å². The summed E-state index contributed by atoms with van der Waals surface area (Å²) in [6.45, 7) is 10.5. The average molecular weight is 515 g/mol. The van der Waals surface area contributed by atoms with Gasteiger partial charge in [-0.3, -0.25) is 14.5 Å². The lowest BCUT2D eigenvalue weighted by Gasteiger charge is -2.38. The summed E-state index contributed by atoms with van der Waals surface area (Å²) < 4.78 is 32.9. The molecule has 0 aliphatic carbocycles. The molecule has 10 heteroatoms. The maximum absolute atomic E-state index is 13.2. The van der Waals surface area contributed by atoms with Crippen molar-refractivity contribution in [3.05, 3.63) is 47.5 Å². The van der Waals surface area contributed by atoms with Crippen LogP contribution in [0.3, 0.4) is 0 Å². The third kappa shape index (κ3) is 5.05. The highest BCUT2D eigenvalue weighted by Gasteiger charge is 2.32. The van der Waals surface area contributed by atoms with Gasteiger partial charge in [-0.25, -0.2) is 8.42 Å². The molecule has 2 aromatic rings. The number of anilines is 2. The largest absolute Gasteiger partial charge is 0.482 e. The van der Waals surface area contributed by atoms with Gasteiger partial charge in [-0.1, -0.05) is 26.0 Å². The van der Waals surface area contributed by atoms with E-state index in [1.165, 1.54) is 38.2 Å². The second-order valence-electron chi connectivity index (χ2n) is 9.15. The SMILES string of the molecule is CCN(CC)S(=O)(=O)c1ccc2c(c1)N(CC(=O)N1CCN(c3cc(C)ccc3C)CC1)C(=O)CO2. The smallest absolute Gasteiger partial charge is 0.265 e. The Kier molecular flexibility index (Phi) is 7.56. The van der Waals surface area contributed by atoms with Crippen molar-refractivity contribution in [1.82, 2.24) is 9.21 Å². The monoisotopic (exact) mass is 514 g/mol. The van der Waals surface area contributed by atoms with E-state index in [9.17, 15) is 18.0 Å². The van der Waals surface area contributed by atoms with Crippen molar-refractivity contribution >= 4 is 33.2 Å². The lowest BCUT2D eigenvalue weighted by Crippen LogP contribution is -2.53.